The van der Waals surface area contributed by atoms with Crippen molar-refractivity contribution >= 4 is 21.8 Å². The Labute approximate surface area is 295 Å². The van der Waals surface area contributed by atoms with E-state index in [4.69, 9.17) is 19.6 Å². The van der Waals surface area contributed by atoms with Crippen LogP contribution in [0.4, 0.5) is 0 Å². The minimum Gasteiger partial charge on any atom is -0.497 e. The van der Waals surface area contributed by atoms with Crippen LogP contribution in [0.5, 0.6) is 17.2 Å². The number of para-hydroxylation sites is 1. The molecule has 0 aliphatic rings. The van der Waals surface area contributed by atoms with Crippen LogP contribution in [-0.4, -0.2) is 26.4 Å². The number of methoxy groups -OCH3 is 1. The standard InChI is InChI=1S/C44H46N4O2/c1-7-13-31-24-32(48-40(15-9-3)44(38(46-48)14-8-2)43-29(4)16-12-17-30(43)5)26-35(25-31)50-34-20-21-37-36-18-10-11-19-39(36)47(41(37)27-34)42-28-33(49-6)22-23-45-42/h10-12,16-28H,7-9,13-15H2,1-6H3. The van der Waals surface area contributed by atoms with Crippen LogP contribution >= 0.6 is 0 Å². The van der Waals surface area contributed by atoms with E-state index in [1.807, 2.05) is 12.1 Å². The first-order valence-corrected chi connectivity index (χ1v) is 18.0. The maximum atomic E-state index is 6.78. The number of benzene rings is 4. The number of hydrogen-bond donors (Lipinski definition) is 0. The number of aromatic nitrogens is 4. The van der Waals surface area contributed by atoms with E-state index in [2.05, 4.69) is 123 Å². The smallest absolute Gasteiger partial charge is 0.141 e. The summed E-state index contributed by atoms with van der Waals surface area (Å²) in [5.41, 5.74) is 12.0. The molecular formula is C44H46N4O2. The highest BCUT2D eigenvalue weighted by Crippen LogP contribution is 2.38. The van der Waals surface area contributed by atoms with Crippen molar-refractivity contribution in [2.75, 3.05) is 7.11 Å². The van der Waals surface area contributed by atoms with Gasteiger partial charge >= 0.3 is 0 Å². The number of rotatable bonds is 12. The molecule has 0 saturated heterocycles. The first-order chi connectivity index (χ1) is 24.4. The molecule has 3 aromatic heterocycles. The van der Waals surface area contributed by atoms with E-state index in [1.54, 1.807) is 13.3 Å². The average Bonchev–Trinajstić information content (AvgIpc) is 3.63. The van der Waals surface area contributed by atoms with Crippen molar-refractivity contribution in [3.63, 3.8) is 0 Å². The number of pyridine rings is 1. The lowest BCUT2D eigenvalue weighted by Gasteiger charge is -2.15. The van der Waals surface area contributed by atoms with E-state index < -0.39 is 0 Å². The molecule has 6 heteroatoms. The zero-order valence-electron chi connectivity index (χ0n) is 30.1. The van der Waals surface area contributed by atoms with Crippen molar-refractivity contribution in [3.8, 4) is 39.9 Å². The van der Waals surface area contributed by atoms with Gasteiger partial charge in [0.05, 0.1) is 35.2 Å². The Balaban J connectivity index is 1.37. The summed E-state index contributed by atoms with van der Waals surface area (Å²) in [6.07, 6.45) is 7.72. The first-order valence-electron chi connectivity index (χ1n) is 18.0. The van der Waals surface area contributed by atoms with Gasteiger partial charge in [-0.2, -0.15) is 5.10 Å². The molecule has 7 aromatic rings. The second kappa shape index (κ2) is 14.2. The molecule has 0 radical (unpaired) electrons. The van der Waals surface area contributed by atoms with E-state index in [0.717, 1.165) is 89.1 Å². The fourth-order valence-corrected chi connectivity index (χ4v) is 7.40. The zero-order chi connectivity index (χ0) is 34.8. The predicted molar refractivity (Wildman–Crippen MR) is 206 cm³/mol. The maximum absolute atomic E-state index is 6.78. The van der Waals surface area contributed by atoms with E-state index in [-0.39, 0.29) is 0 Å². The fraction of sp³-hybridized carbons (Fsp3) is 0.273. The predicted octanol–water partition coefficient (Wildman–Crippen LogP) is 11.3. The highest BCUT2D eigenvalue weighted by molar-refractivity contribution is 6.09. The Bertz CT molecular complexity index is 2290. The summed E-state index contributed by atoms with van der Waals surface area (Å²) in [6, 6.07) is 31.8. The minimum atomic E-state index is 0.762. The lowest BCUT2D eigenvalue weighted by atomic mass is 9.91. The maximum Gasteiger partial charge on any atom is 0.141 e. The molecule has 4 aromatic carbocycles. The van der Waals surface area contributed by atoms with E-state index in [0.29, 0.717) is 0 Å². The van der Waals surface area contributed by atoms with Gasteiger partial charge in [-0.1, -0.05) is 76.4 Å². The summed E-state index contributed by atoms with van der Waals surface area (Å²) in [6.45, 7) is 11.2. The largest absolute Gasteiger partial charge is 0.497 e. The van der Waals surface area contributed by atoms with Crippen molar-refractivity contribution in [2.45, 2.75) is 73.1 Å². The lowest BCUT2D eigenvalue weighted by Crippen LogP contribution is -2.05. The monoisotopic (exact) mass is 662 g/mol. The zero-order valence-corrected chi connectivity index (χ0v) is 30.1. The normalized spacial score (nSPS) is 11.5. The summed E-state index contributed by atoms with van der Waals surface area (Å²) < 4.78 is 16.7. The molecule has 50 heavy (non-hydrogen) atoms. The molecule has 0 unspecified atom stereocenters. The second-order valence-electron chi connectivity index (χ2n) is 13.2. The van der Waals surface area contributed by atoms with Gasteiger partial charge in [-0.3, -0.25) is 4.57 Å². The lowest BCUT2D eigenvalue weighted by molar-refractivity contribution is 0.414. The van der Waals surface area contributed by atoms with Crippen LogP contribution in [0.25, 0.3) is 44.4 Å². The molecule has 0 aliphatic carbocycles. The van der Waals surface area contributed by atoms with Crippen LogP contribution in [0, 0.1) is 13.8 Å². The molecule has 6 nitrogen and oxygen atoms in total. The van der Waals surface area contributed by atoms with Gasteiger partial charge in [-0.15, -0.1) is 0 Å². The van der Waals surface area contributed by atoms with Gasteiger partial charge < -0.3 is 9.47 Å². The van der Waals surface area contributed by atoms with Crippen LogP contribution < -0.4 is 9.47 Å². The van der Waals surface area contributed by atoms with Crippen molar-refractivity contribution in [3.05, 3.63) is 125 Å². The number of nitrogens with zero attached hydrogens (tertiary/aromatic N) is 4. The summed E-state index contributed by atoms with van der Waals surface area (Å²) in [5.74, 6) is 3.12. The first kappa shape index (κ1) is 33.2. The summed E-state index contributed by atoms with van der Waals surface area (Å²) in [4.78, 5) is 4.73. The Morgan fingerprint density at radius 3 is 2.16 bits per heavy atom. The van der Waals surface area contributed by atoms with Crippen LogP contribution in [-0.2, 0) is 19.3 Å². The van der Waals surface area contributed by atoms with E-state index in [9.17, 15) is 0 Å². The Morgan fingerprint density at radius 2 is 1.40 bits per heavy atom. The third-order valence-electron chi connectivity index (χ3n) is 9.56. The molecule has 0 atom stereocenters. The summed E-state index contributed by atoms with van der Waals surface area (Å²) >= 11 is 0. The van der Waals surface area contributed by atoms with Crippen LogP contribution in [0.15, 0.2) is 97.2 Å². The summed E-state index contributed by atoms with van der Waals surface area (Å²) in [5, 5.41) is 7.66. The Kier molecular flexibility index (Phi) is 9.44. The van der Waals surface area contributed by atoms with Gasteiger partial charge in [-0.05, 0) is 91.8 Å². The number of fused-ring (bicyclic) bond motifs is 3. The van der Waals surface area contributed by atoms with Crippen molar-refractivity contribution < 1.29 is 9.47 Å². The average molecular weight is 663 g/mol. The van der Waals surface area contributed by atoms with Crippen molar-refractivity contribution in [2.24, 2.45) is 0 Å². The van der Waals surface area contributed by atoms with Gasteiger partial charge in [-0.25, -0.2) is 9.67 Å². The molecule has 0 N–H and O–H groups in total. The van der Waals surface area contributed by atoms with Crippen LogP contribution in [0.1, 0.15) is 68.1 Å². The minimum absolute atomic E-state index is 0.762. The van der Waals surface area contributed by atoms with Crippen LogP contribution in [0.3, 0.4) is 0 Å². The molecule has 254 valence electrons. The Morgan fingerprint density at radius 1 is 0.640 bits per heavy atom. The Hall–Kier alpha value is -5.36. The highest BCUT2D eigenvalue weighted by Gasteiger charge is 2.23. The van der Waals surface area contributed by atoms with Gasteiger partial charge in [0.1, 0.15) is 23.1 Å². The van der Waals surface area contributed by atoms with Gasteiger partial charge in [0.25, 0.3) is 0 Å². The SMILES string of the molecule is CCCc1cc(Oc2ccc3c4ccccc4n(-c4cc(OC)ccn4)c3c2)cc(-n2nc(CCC)c(-c3c(C)cccc3C)c2CCC)c1. The molecule has 0 saturated carbocycles. The van der Waals surface area contributed by atoms with Crippen molar-refractivity contribution in [1.29, 1.82) is 0 Å². The van der Waals surface area contributed by atoms with E-state index >= 15 is 0 Å². The van der Waals surface area contributed by atoms with Gasteiger partial charge in [0.2, 0.25) is 0 Å². The molecule has 0 spiro atoms. The molecule has 0 bridgehead atoms. The number of hydrogen-bond acceptors (Lipinski definition) is 4. The molecule has 3 heterocycles. The number of aryl methyl sites for hydroxylation is 4. The highest BCUT2D eigenvalue weighted by atomic mass is 16.5. The molecule has 0 fully saturated rings. The van der Waals surface area contributed by atoms with Gasteiger partial charge in [0.15, 0.2) is 0 Å². The molecule has 0 aliphatic heterocycles. The molecule has 7 rings (SSSR count). The number of ether oxygens (including phenoxy) is 2. The third-order valence-corrected chi connectivity index (χ3v) is 9.56. The van der Waals surface area contributed by atoms with Crippen LogP contribution in [0.2, 0.25) is 0 Å². The second-order valence-corrected chi connectivity index (χ2v) is 13.2. The topological polar surface area (TPSA) is 54.1 Å². The molecular weight excluding hydrogens is 617 g/mol. The third kappa shape index (κ3) is 6.15. The fourth-order valence-electron chi connectivity index (χ4n) is 7.40. The molecule has 0 amide bonds. The summed E-state index contributed by atoms with van der Waals surface area (Å²) in [7, 11) is 1.68. The quantitative estimate of drug-likeness (QED) is 0.131. The van der Waals surface area contributed by atoms with Gasteiger partial charge in [0, 0.05) is 40.7 Å². The van der Waals surface area contributed by atoms with E-state index in [1.165, 1.54) is 39.2 Å². The van der Waals surface area contributed by atoms with Crippen molar-refractivity contribution in [1.82, 2.24) is 19.3 Å².